The zero-order valence-electron chi connectivity index (χ0n) is 36.7. The molecule has 0 aromatic rings. The molecule has 5 atom stereocenters. The van der Waals surface area contributed by atoms with Crippen molar-refractivity contribution in [3.8, 4) is 0 Å². The van der Waals surface area contributed by atoms with E-state index in [0.717, 1.165) is 57.8 Å². The second kappa shape index (κ2) is 39.3. The lowest BCUT2D eigenvalue weighted by molar-refractivity contribution is -0.161. The van der Waals surface area contributed by atoms with E-state index in [1.165, 1.54) is 25.7 Å². The molecule has 0 spiro atoms. The molecule has 0 bridgehead atoms. The molecule has 6 N–H and O–H groups in total. The first-order chi connectivity index (χ1) is 29.2. The minimum atomic E-state index is -4.89. The Balaban J connectivity index is 4.73. The highest BCUT2D eigenvalue weighted by Crippen LogP contribution is 2.43. The zero-order chi connectivity index (χ0) is 45.5. The summed E-state index contributed by atoms with van der Waals surface area (Å²) >= 11 is 0. The monoisotopic (exact) mass is 908 g/mol. The number of carbonyl (C=O) groups is 2. The van der Waals surface area contributed by atoms with Gasteiger partial charge in [-0.25, -0.2) is 9.13 Å². The topological polar surface area (TPSA) is 236 Å². The summed E-state index contributed by atoms with van der Waals surface area (Å²) in [6.45, 7) is 1.43. The minimum Gasteiger partial charge on any atom is -0.462 e. The normalized spacial score (nSPS) is 15.6. The highest BCUT2D eigenvalue weighted by molar-refractivity contribution is 7.47. The van der Waals surface area contributed by atoms with Crippen molar-refractivity contribution in [2.24, 2.45) is 0 Å². The number of allylic oxidation sites excluding steroid dienone is 9. The number of hydrogen-bond donors (Lipinski definition) is 6. The number of hydrogen-bond acceptors (Lipinski definition) is 12. The molecule has 0 rings (SSSR count). The van der Waals surface area contributed by atoms with E-state index in [2.05, 4.69) is 59.4 Å². The Morgan fingerprint density at radius 3 is 1.61 bits per heavy atom. The van der Waals surface area contributed by atoms with E-state index in [0.29, 0.717) is 44.9 Å². The molecular weight excluding hydrogens is 830 g/mol. The average Bonchev–Trinajstić information content (AvgIpc) is 3.21. The molecular formula is C44H78O15P2. The van der Waals surface area contributed by atoms with Crippen molar-refractivity contribution >= 4 is 27.6 Å². The van der Waals surface area contributed by atoms with Crippen molar-refractivity contribution in [3.05, 3.63) is 60.8 Å². The van der Waals surface area contributed by atoms with E-state index in [1.807, 2.05) is 24.3 Å². The molecule has 354 valence electrons. The van der Waals surface area contributed by atoms with Crippen LogP contribution in [0.15, 0.2) is 60.8 Å². The van der Waals surface area contributed by atoms with Gasteiger partial charge in [0.25, 0.3) is 0 Å². The summed E-state index contributed by atoms with van der Waals surface area (Å²) in [6, 6.07) is 0. The summed E-state index contributed by atoms with van der Waals surface area (Å²) in [6.07, 6.45) is 33.8. The predicted octanol–water partition coefficient (Wildman–Crippen LogP) is 9.17. The van der Waals surface area contributed by atoms with E-state index in [1.54, 1.807) is 0 Å². The Morgan fingerprint density at radius 1 is 0.525 bits per heavy atom. The fraction of sp³-hybridized carbons (Fsp3) is 0.727. The third kappa shape index (κ3) is 41.5. The summed E-state index contributed by atoms with van der Waals surface area (Å²) in [7, 11) is -9.75. The molecule has 0 aliphatic rings. The molecule has 0 saturated heterocycles. The predicted molar refractivity (Wildman–Crippen MR) is 237 cm³/mol. The van der Waals surface area contributed by atoms with Crippen LogP contribution in [0.2, 0.25) is 0 Å². The maximum atomic E-state index is 12.7. The number of esters is 2. The number of ether oxygens (including phenoxy) is 2. The van der Waals surface area contributed by atoms with Gasteiger partial charge in [-0.05, 0) is 77.0 Å². The van der Waals surface area contributed by atoms with Crippen LogP contribution in [0.3, 0.4) is 0 Å². The molecule has 61 heavy (non-hydrogen) atoms. The average molecular weight is 909 g/mol. The van der Waals surface area contributed by atoms with Crippen LogP contribution < -0.4 is 0 Å². The van der Waals surface area contributed by atoms with Crippen LogP contribution in [0.1, 0.15) is 155 Å². The Morgan fingerprint density at radius 2 is 1.02 bits per heavy atom. The molecule has 15 nitrogen and oxygen atoms in total. The van der Waals surface area contributed by atoms with Crippen LogP contribution in [0.4, 0.5) is 0 Å². The van der Waals surface area contributed by atoms with E-state index in [9.17, 15) is 38.9 Å². The van der Waals surface area contributed by atoms with Crippen LogP contribution in [0.5, 0.6) is 0 Å². The van der Waals surface area contributed by atoms with Gasteiger partial charge in [-0.1, -0.05) is 126 Å². The van der Waals surface area contributed by atoms with Crippen LogP contribution in [-0.2, 0) is 41.8 Å². The smallest absolute Gasteiger partial charge is 0.462 e. The van der Waals surface area contributed by atoms with E-state index < -0.39 is 78.4 Å². The van der Waals surface area contributed by atoms with Gasteiger partial charge in [0.05, 0.1) is 32.0 Å². The van der Waals surface area contributed by atoms with E-state index >= 15 is 0 Å². The molecule has 0 aromatic carbocycles. The molecule has 0 aliphatic carbocycles. The molecule has 0 heterocycles. The molecule has 0 aliphatic heterocycles. The fourth-order valence-electron chi connectivity index (χ4n) is 5.54. The number of unbranched alkanes of at least 4 members (excludes halogenated alkanes) is 11. The number of aliphatic hydroxyl groups is 3. The van der Waals surface area contributed by atoms with Gasteiger partial charge in [0, 0.05) is 12.8 Å². The molecule has 0 amide bonds. The Labute approximate surface area is 365 Å². The van der Waals surface area contributed by atoms with Gasteiger partial charge in [0.15, 0.2) is 6.10 Å². The van der Waals surface area contributed by atoms with Crippen molar-refractivity contribution in [3.63, 3.8) is 0 Å². The van der Waals surface area contributed by atoms with Crippen LogP contribution in [0, 0.1) is 0 Å². The lowest BCUT2D eigenvalue weighted by Gasteiger charge is -2.20. The Hall–Kier alpha value is -2.26. The standard InChI is InChI=1S/C44H78O15P2/c1-3-5-7-9-11-12-13-14-15-16-17-18-19-20-21-25-29-33-43(48)55-37-40(38-58-61(53,54)57-36-39(45)35-56-60(50,51)52)59-44(49)34-30-26-22-24-28-32-42(47)41(46)31-27-23-10-8-6-4-2/h11-12,14-15,17-18,20-21,23,27,39-42,45-47H,3-10,13,16,19,22,24-26,28-38H2,1-2H3,(H,53,54)(H2,50,51,52)/b12-11-,15-14-,18-17-,21-20-,27-23-/t39-,40+,41-,42-/m0/s1. The van der Waals surface area contributed by atoms with Gasteiger partial charge >= 0.3 is 27.6 Å². The quantitative estimate of drug-likeness (QED) is 0.0145. The van der Waals surface area contributed by atoms with Crippen LogP contribution in [-0.4, -0.2) is 92.8 Å². The third-order valence-corrected chi connectivity index (χ3v) is 10.5. The van der Waals surface area contributed by atoms with E-state index in [-0.39, 0.29) is 12.8 Å². The fourth-order valence-corrected chi connectivity index (χ4v) is 6.69. The Bertz CT molecular complexity index is 1340. The molecule has 17 heteroatoms. The first-order valence-corrected chi connectivity index (χ1v) is 25.2. The Kier molecular flexibility index (Phi) is 37.9. The van der Waals surface area contributed by atoms with Crippen LogP contribution in [0.25, 0.3) is 0 Å². The van der Waals surface area contributed by atoms with E-state index in [4.69, 9.17) is 23.8 Å². The van der Waals surface area contributed by atoms with Crippen LogP contribution >= 0.6 is 15.6 Å². The lowest BCUT2D eigenvalue weighted by Crippen LogP contribution is -2.30. The van der Waals surface area contributed by atoms with Gasteiger partial charge in [-0.15, -0.1) is 0 Å². The van der Waals surface area contributed by atoms with Gasteiger partial charge in [0.1, 0.15) is 12.7 Å². The highest BCUT2D eigenvalue weighted by Gasteiger charge is 2.28. The number of phosphoric ester groups is 2. The number of carbonyl (C=O) groups excluding carboxylic acids is 2. The maximum Gasteiger partial charge on any atom is 0.472 e. The minimum absolute atomic E-state index is 0.0184. The lowest BCUT2D eigenvalue weighted by atomic mass is 10.0. The number of rotatable bonds is 41. The van der Waals surface area contributed by atoms with Crippen molar-refractivity contribution in [1.82, 2.24) is 0 Å². The van der Waals surface area contributed by atoms with Gasteiger partial charge in [-0.2, -0.15) is 0 Å². The summed E-state index contributed by atoms with van der Waals surface area (Å²) in [5, 5.41) is 30.2. The summed E-state index contributed by atoms with van der Waals surface area (Å²) < 4.78 is 47.6. The first kappa shape index (κ1) is 58.7. The maximum absolute atomic E-state index is 12.7. The summed E-state index contributed by atoms with van der Waals surface area (Å²) in [5.41, 5.74) is 0. The van der Waals surface area contributed by atoms with Gasteiger partial charge < -0.3 is 39.5 Å². The number of aliphatic hydroxyl groups excluding tert-OH is 3. The second-order valence-corrected chi connectivity index (χ2v) is 17.6. The molecule has 0 fully saturated rings. The molecule has 0 saturated carbocycles. The van der Waals surface area contributed by atoms with Crippen molar-refractivity contribution < 1.29 is 71.8 Å². The number of phosphoric acid groups is 2. The molecule has 1 unspecified atom stereocenters. The molecule has 0 radical (unpaired) electrons. The largest absolute Gasteiger partial charge is 0.472 e. The second-order valence-electron chi connectivity index (χ2n) is 14.9. The third-order valence-electron chi connectivity index (χ3n) is 9.07. The zero-order valence-corrected chi connectivity index (χ0v) is 38.5. The van der Waals surface area contributed by atoms with Gasteiger partial charge in [-0.3, -0.25) is 23.2 Å². The molecule has 0 aromatic heterocycles. The summed E-state index contributed by atoms with van der Waals surface area (Å²) in [5.74, 6) is -1.21. The summed E-state index contributed by atoms with van der Waals surface area (Å²) in [4.78, 5) is 52.7. The van der Waals surface area contributed by atoms with Crippen molar-refractivity contribution in [2.75, 3.05) is 26.4 Å². The van der Waals surface area contributed by atoms with Crippen molar-refractivity contribution in [2.45, 2.75) is 180 Å². The van der Waals surface area contributed by atoms with Gasteiger partial charge in [0.2, 0.25) is 0 Å². The SMILES string of the molecule is CCCCC/C=C\C/C=C\C/C=C\C/C=C\CCCC(=O)OC[C@H](COP(=O)(O)OC[C@@H](O)COP(=O)(O)O)OC(=O)CCCCCCC[C@H](O)[C@@H](O)C/C=C\CCCCC. The highest BCUT2D eigenvalue weighted by atomic mass is 31.2. The van der Waals surface area contributed by atoms with Crippen molar-refractivity contribution in [1.29, 1.82) is 0 Å². The first-order valence-electron chi connectivity index (χ1n) is 22.1.